The largest absolute Gasteiger partial charge is 0.377 e. The Morgan fingerprint density at radius 1 is 1.29 bits per heavy atom. The highest BCUT2D eigenvalue weighted by Crippen LogP contribution is 2.13. The van der Waals surface area contributed by atoms with E-state index in [2.05, 4.69) is 28.1 Å². The Kier molecular flexibility index (Phi) is 5.45. The Morgan fingerprint density at radius 3 is 2.88 bits per heavy atom. The lowest BCUT2D eigenvalue weighted by molar-refractivity contribution is -0.186. The molecule has 17 heavy (non-hydrogen) atoms. The first kappa shape index (κ1) is 13.0. The molecule has 0 spiro atoms. The van der Waals surface area contributed by atoms with Gasteiger partial charge in [0, 0.05) is 10.9 Å². The van der Waals surface area contributed by atoms with Gasteiger partial charge in [0.25, 0.3) is 0 Å². The Bertz CT molecular complexity index is 337. The van der Waals surface area contributed by atoms with Crippen LogP contribution in [0.1, 0.15) is 18.4 Å². The third-order valence-corrected chi connectivity index (χ3v) is 3.05. The standard InChI is InChI=1S/C13H17BrO3/c14-12-4-1-3-11(9-12)10-15-8-5-13-16-6-2-7-17-13/h1,3-4,9,13H,2,5-8,10H2. The van der Waals surface area contributed by atoms with Gasteiger partial charge in [-0.2, -0.15) is 0 Å². The minimum atomic E-state index is -0.0775. The Hall–Kier alpha value is -0.420. The van der Waals surface area contributed by atoms with Gasteiger partial charge in [-0.05, 0) is 24.1 Å². The first-order chi connectivity index (χ1) is 8.34. The molecule has 0 aromatic heterocycles. The summed E-state index contributed by atoms with van der Waals surface area (Å²) in [5.41, 5.74) is 1.17. The summed E-state index contributed by atoms with van der Waals surface area (Å²) in [6.45, 7) is 2.90. The fourth-order valence-corrected chi connectivity index (χ4v) is 2.15. The SMILES string of the molecule is Brc1cccc(COCCC2OCCCO2)c1. The first-order valence-electron chi connectivity index (χ1n) is 5.90. The smallest absolute Gasteiger partial charge is 0.159 e. The second-order valence-corrected chi connectivity index (χ2v) is 4.91. The lowest BCUT2D eigenvalue weighted by atomic mass is 10.2. The van der Waals surface area contributed by atoms with E-state index < -0.39 is 0 Å². The molecule has 4 heteroatoms. The van der Waals surface area contributed by atoms with Gasteiger partial charge in [0.05, 0.1) is 26.4 Å². The lowest BCUT2D eigenvalue weighted by Gasteiger charge is -2.22. The summed E-state index contributed by atoms with van der Waals surface area (Å²) in [6.07, 6.45) is 1.72. The van der Waals surface area contributed by atoms with E-state index in [0.29, 0.717) is 13.2 Å². The molecular weight excluding hydrogens is 284 g/mol. The fourth-order valence-electron chi connectivity index (χ4n) is 1.70. The lowest BCUT2D eigenvalue weighted by Crippen LogP contribution is -2.26. The fraction of sp³-hybridized carbons (Fsp3) is 0.538. The summed E-state index contributed by atoms with van der Waals surface area (Å²) in [7, 11) is 0. The van der Waals surface area contributed by atoms with Crippen LogP contribution in [0.25, 0.3) is 0 Å². The van der Waals surface area contributed by atoms with E-state index in [9.17, 15) is 0 Å². The second kappa shape index (κ2) is 7.11. The van der Waals surface area contributed by atoms with Gasteiger partial charge in [-0.15, -0.1) is 0 Å². The third kappa shape index (κ3) is 4.76. The molecule has 0 atom stereocenters. The normalized spacial score (nSPS) is 17.2. The summed E-state index contributed by atoms with van der Waals surface area (Å²) in [5.74, 6) is 0. The predicted octanol–water partition coefficient (Wildman–Crippen LogP) is 3.12. The number of hydrogen-bond acceptors (Lipinski definition) is 3. The van der Waals surface area contributed by atoms with Crippen LogP contribution in [-0.2, 0) is 20.8 Å². The molecule has 0 radical (unpaired) electrons. The number of halogens is 1. The van der Waals surface area contributed by atoms with Crippen molar-refractivity contribution in [2.75, 3.05) is 19.8 Å². The van der Waals surface area contributed by atoms with Crippen molar-refractivity contribution in [2.45, 2.75) is 25.7 Å². The highest BCUT2D eigenvalue weighted by Gasteiger charge is 2.13. The van der Waals surface area contributed by atoms with Gasteiger partial charge in [-0.3, -0.25) is 0 Å². The van der Waals surface area contributed by atoms with Gasteiger partial charge in [0.15, 0.2) is 6.29 Å². The van der Waals surface area contributed by atoms with Gasteiger partial charge >= 0.3 is 0 Å². The maximum atomic E-state index is 5.60. The molecule has 1 aromatic carbocycles. The molecule has 1 aliphatic heterocycles. The maximum absolute atomic E-state index is 5.60. The van der Waals surface area contributed by atoms with Gasteiger partial charge in [0.1, 0.15) is 0 Å². The molecule has 94 valence electrons. The minimum Gasteiger partial charge on any atom is -0.377 e. The Labute approximate surface area is 110 Å². The quantitative estimate of drug-likeness (QED) is 0.782. The van der Waals surface area contributed by atoms with Crippen molar-refractivity contribution in [3.8, 4) is 0 Å². The molecule has 1 aromatic rings. The summed E-state index contributed by atoms with van der Waals surface area (Å²) < 4.78 is 17.6. The van der Waals surface area contributed by atoms with Crippen molar-refractivity contribution in [3.05, 3.63) is 34.3 Å². The molecule has 0 unspecified atom stereocenters. The zero-order valence-electron chi connectivity index (χ0n) is 9.73. The highest BCUT2D eigenvalue weighted by atomic mass is 79.9. The third-order valence-electron chi connectivity index (χ3n) is 2.55. The van der Waals surface area contributed by atoms with Gasteiger partial charge in [-0.25, -0.2) is 0 Å². The average molecular weight is 301 g/mol. The summed E-state index contributed by atoms with van der Waals surface area (Å²) >= 11 is 3.44. The molecule has 0 N–H and O–H groups in total. The van der Waals surface area contributed by atoms with Crippen LogP contribution in [0.3, 0.4) is 0 Å². The second-order valence-electron chi connectivity index (χ2n) is 4.00. The van der Waals surface area contributed by atoms with Crippen molar-refractivity contribution in [1.29, 1.82) is 0 Å². The number of rotatable bonds is 5. The van der Waals surface area contributed by atoms with E-state index in [1.165, 1.54) is 5.56 Å². The van der Waals surface area contributed by atoms with E-state index in [-0.39, 0.29) is 6.29 Å². The molecule has 1 fully saturated rings. The molecule has 1 saturated heterocycles. The van der Waals surface area contributed by atoms with E-state index in [4.69, 9.17) is 14.2 Å². The molecule has 2 rings (SSSR count). The monoisotopic (exact) mass is 300 g/mol. The van der Waals surface area contributed by atoms with Crippen molar-refractivity contribution in [2.24, 2.45) is 0 Å². The average Bonchev–Trinajstić information content (AvgIpc) is 2.36. The summed E-state index contributed by atoms with van der Waals surface area (Å²) in [4.78, 5) is 0. The topological polar surface area (TPSA) is 27.7 Å². The molecule has 0 amide bonds. The Balaban J connectivity index is 1.62. The molecule has 0 aliphatic carbocycles. The van der Waals surface area contributed by atoms with Gasteiger partial charge < -0.3 is 14.2 Å². The van der Waals surface area contributed by atoms with E-state index in [1.54, 1.807) is 0 Å². The molecule has 1 heterocycles. The first-order valence-corrected chi connectivity index (χ1v) is 6.69. The zero-order valence-corrected chi connectivity index (χ0v) is 11.3. The van der Waals surface area contributed by atoms with Crippen LogP contribution >= 0.6 is 15.9 Å². The zero-order chi connectivity index (χ0) is 11.9. The van der Waals surface area contributed by atoms with Crippen LogP contribution < -0.4 is 0 Å². The van der Waals surface area contributed by atoms with E-state index in [1.807, 2.05) is 12.1 Å². The molecule has 1 aliphatic rings. The number of benzene rings is 1. The van der Waals surface area contributed by atoms with Crippen LogP contribution in [0.15, 0.2) is 28.7 Å². The molecular formula is C13H17BrO3. The molecule has 3 nitrogen and oxygen atoms in total. The van der Waals surface area contributed by atoms with Crippen molar-refractivity contribution >= 4 is 15.9 Å². The maximum Gasteiger partial charge on any atom is 0.159 e. The summed E-state index contributed by atoms with van der Waals surface area (Å²) in [5, 5.41) is 0. The highest BCUT2D eigenvalue weighted by molar-refractivity contribution is 9.10. The van der Waals surface area contributed by atoms with Crippen molar-refractivity contribution < 1.29 is 14.2 Å². The van der Waals surface area contributed by atoms with Crippen LogP contribution in [0.4, 0.5) is 0 Å². The number of hydrogen-bond donors (Lipinski definition) is 0. The predicted molar refractivity (Wildman–Crippen MR) is 68.7 cm³/mol. The van der Waals surface area contributed by atoms with Gasteiger partial charge in [0.2, 0.25) is 0 Å². The van der Waals surface area contributed by atoms with Crippen molar-refractivity contribution in [1.82, 2.24) is 0 Å². The number of ether oxygens (including phenoxy) is 3. The van der Waals surface area contributed by atoms with Crippen LogP contribution in [0, 0.1) is 0 Å². The molecule has 0 saturated carbocycles. The Morgan fingerprint density at radius 2 is 2.12 bits per heavy atom. The summed E-state index contributed by atoms with van der Waals surface area (Å²) in [6, 6.07) is 8.13. The van der Waals surface area contributed by atoms with Crippen LogP contribution in [0.2, 0.25) is 0 Å². The van der Waals surface area contributed by atoms with E-state index in [0.717, 1.165) is 30.5 Å². The van der Waals surface area contributed by atoms with Crippen LogP contribution in [0.5, 0.6) is 0 Å². The molecule has 0 bridgehead atoms. The van der Waals surface area contributed by atoms with E-state index >= 15 is 0 Å². The van der Waals surface area contributed by atoms with Crippen molar-refractivity contribution in [3.63, 3.8) is 0 Å². The van der Waals surface area contributed by atoms with Gasteiger partial charge in [-0.1, -0.05) is 28.1 Å². The van der Waals surface area contributed by atoms with Crippen LogP contribution in [-0.4, -0.2) is 26.1 Å². The minimum absolute atomic E-state index is 0.0775.